The lowest BCUT2D eigenvalue weighted by Crippen LogP contribution is -2.17. The molecule has 0 aliphatic carbocycles. The molecule has 3 rings (SSSR count). The number of rotatable bonds is 4. The SMILES string of the molecule is Cc1c(C(=O)Nc2nc(CC(N)=O)cs2)n(C)c2ccc(Cl)cc12. The number of fused-ring (bicyclic) bond motifs is 1. The molecule has 0 saturated heterocycles. The van der Waals surface area contributed by atoms with Crippen LogP contribution in [0.25, 0.3) is 10.9 Å². The van der Waals surface area contributed by atoms with E-state index in [1.54, 1.807) is 11.4 Å². The predicted octanol–water partition coefficient (Wildman–Crippen LogP) is 2.88. The second-order valence-electron chi connectivity index (χ2n) is 5.44. The topological polar surface area (TPSA) is 90.0 Å². The number of primary amides is 1. The van der Waals surface area contributed by atoms with Crippen molar-refractivity contribution in [2.45, 2.75) is 13.3 Å². The Labute approximate surface area is 147 Å². The minimum absolute atomic E-state index is 0.0535. The molecule has 3 aromatic rings. The molecule has 0 bridgehead atoms. The summed E-state index contributed by atoms with van der Waals surface area (Å²) in [5, 5.41) is 6.46. The number of anilines is 1. The van der Waals surface area contributed by atoms with E-state index >= 15 is 0 Å². The van der Waals surface area contributed by atoms with Crippen LogP contribution in [-0.4, -0.2) is 21.4 Å². The van der Waals surface area contributed by atoms with Crippen LogP contribution in [0.1, 0.15) is 21.7 Å². The van der Waals surface area contributed by atoms with Gasteiger partial charge in [-0.05, 0) is 30.7 Å². The summed E-state index contributed by atoms with van der Waals surface area (Å²) in [5.74, 6) is -0.720. The van der Waals surface area contributed by atoms with Crippen molar-refractivity contribution >= 4 is 50.8 Å². The Morgan fingerprint density at radius 3 is 2.88 bits per heavy atom. The lowest BCUT2D eigenvalue weighted by molar-refractivity contribution is -0.117. The van der Waals surface area contributed by atoms with Gasteiger partial charge in [-0.1, -0.05) is 11.6 Å². The van der Waals surface area contributed by atoms with Gasteiger partial charge in [0.1, 0.15) is 5.69 Å². The summed E-state index contributed by atoms with van der Waals surface area (Å²) in [6.45, 7) is 1.88. The fraction of sp³-hybridized carbons (Fsp3) is 0.188. The molecule has 0 aliphatic heterocycles. The average molecular weight is 363 g/mol. The highest BCUT2D eigenvalue weighted by Crippen LogP contribution is 2.28. The van der Waals surface area contributed by atoms with E-state index in [9.17, 15) is 9.59 Å². The molecule has 0 spiro atoms. The van der Waals surface area contributed by atoms with Gasteiger partial charge in [-0.3, -0.25) is 14.9 Å². The fourth-order valence-corrected chi connectivity index (χ4v) is 3.58. The first-order chi connectivity index (χ1) is 11.4. The number of halogens is 1. The molecule has 0 atom stereocenters. The maximum atomic E-state index is 12.7. The van der Waals surface area contributed by atoms with Crippen LogP contribution in [0.3, 0.4) is 0 Å². The van der Waals surface area contributed by atoms with Gasteiger partial charge in [0, 0.05) is 28.4 Å². The summed E-state index contributed by atoms with van der Waals surface area (Å²) < 4.78 is 1.83. The van der Waals surface area contributed by atoms with Gasteiger partial charge in [-0.2, -0.15) is 0 Å². The van der Waals surface area contributed by atoms with E-state index in [0.717, 1.165) is 16.5 Å². The highest BCUT2D eigenvalue weighted by molar-refractivity contribution is 7.14. The Hall–Kier alpha value is -2.38. The lowest BCUT2D eigenvalue weighted by atomic mass is 10.1. The number of carbonyl (C=O) groups excluding carboxylic acids is 2. The number of carbonyl (C=O) groups is 2. The number of aryl methyl sites for hydroxylation is 2. The molecule has 2 heterocycles. The number of nitrogens with two attached hydrogens (primary N) is 1. The quantitative estimate of drug-likeness (QED) is 0.747. The molecular formula is C16H15ClN4O2S. The van der Waals surface area contributed by atoms with Gasteiger partial charge < -0.3 is 10.3 Å². The van der Waals surface area contributed by atoms with Crippen molar-refractivity contribution in [3.8, 4) is 0 Å². The third-order valence-electron chi connectivity index (χ3n) is 3.76. The van der Waals surface area contributed by atoms with Gasteiger partial charge in [0.15, 0.2) is 5.13 Å². The van der Waals surface area contributed by atoms with Crippen molar-refractivity contribution in [2.24, 2.45) is 12.8 Å². The molecule has 2 aromatic heterocycles. The number of amides is 2. The zero-order chi connectivity index (χ0) is 17.4. The molecule has 0 aliphatic rings. The number of hydrogen-bond donors (Lipinski definition) is 2. The van der Waals surface area contributed by atoms with Crippen LogP contribution in [0.4, 0.5) is 5.13 Å². The maximum Gasteiger partial charge on any atom is 0.274 e. The summed E-state index contributed by atoms with van der Waals surface area (Å²) in [6.07, 6.45) is 0.0535. The van der Waals surface area contributed by atoms with Crippen molar-refractivity contribution < 1.29 is 9.59 Å². The Bertz CT molecular complexity index is 961. The Morgan fingerprint density at radius 2 is 2.17 bits per heavy atom. The van der Waals surface area contributed by atoms with E-state index in [1.807, 2.05) is 30.7 Å². The number of nitrogens with zero attached hydrogens (tertiary/aromatic N) is 2. The Morgan fingerprint density at radius 1 is 1.42 bits per heavy atom. The summed E-state index contributed by atoms with van der Waals surface area (Å²) in [7, 11) is 1.83. The third-order valence-corrected chi connectivity index (χ3v) is 4.80. The van der Waals surface area contributed by atoms with E-state index in [4.69, 9.17) is 17.3 Å². The second kappa shape index (κ2) is 6.26. The molecule has 0 unspecified atom stereocenters. The second-order valence-corrected chi connectivity index (χ2v) is 6.73. The molecule has 24 heavy (non-hydrogen) atoms. The molecule has 6 nitrogen and oxygen atoms in total. The molecule has 0 fully saturated rings. The van der Waals surface area contributed by atoms with Gasteiger partial charge in [-0.15, -0.1) is 11.3 Å². The molecule has 124 valence electrons. The minimum Gasteiger partial charge on any atom is -0.369 e. The average Bonchev–Trinajstić information content (AvgIpc) is 3.02. The largest absolute Gasteiger partial charge is 0.369 e. The molecule has 3 N–H and O–H groups in total. The van der Waals surface area contributed by atoms with E-state index in [-0.39, 0.29) is 12.3 Å². The van der Waals surface area contributed by atoms with Crippen molar-refractivity contribution in [3.63, 3.8) is 0 Å². The van der Waals surface area contributed by atoms with Crippen LogP contribution in [0, 0.1) is 6.92 Å². The molecule has 2 amide bonds. The fourth-order valence-electron chi connectivity index (χ4n) is 2.70. The first-order valence-electron chi connectivity index (χ1n) is 7.15. The van der Waals surface area contributed by atoms with Gasteiger partial charge in [0.05, 0.1) is 12.1 Å². The molecule has 0 saturated carbocycles. The summed E-state index contributed by atoms with van der Waals surface area (Å²) in [4.78, 5) is 27.8. The normalized spacial score (nSPS) is 11.0. The van der Waals surface area contributed by atoms with E-state index < -0.39 is 5.91 Å². The smallest absolute Gasteiger partial charge is 0.274 e. The Balaban J connectivity index is 1.91. The van der Waals surface area contributed by atoms with E-state index in [1.165, 1.54) is 11.3 Å². The number of benzene rings is 1. The van der Waals surface area contributed by atoms with Crippen molar-refractivity contribution in [1.82, 2.24) is 9.55 Å². The van der Waals surface area contributed by atoms with Crippen LogP contribution in [0.5, 0.6) is 0 Å². The Kier molecular flexibility index (Phi) is 4.29. The van der Waals surface area contributed by atoms with Gasteiger partial charge in [0.2, 0.25) is 5.91 Å². The minimum atomic E-state index is -0.459. The van der Waals surface area contributed by atoms with E-state index in [2.05, 4.69) is 10.3 Å². The van der Waals surface area contributed by atoms with Crippen LogP contribution in [0.15, 0.2) is 23.6 Å². The summed E-state index contributed by atoms with van der Waals surface area (Å²) >= 11 is 7.30. The van der Waals surface area contributed by atoms with Crippen molar-refractivity contribution in [3.05, 3.63) is 45.6 Å². The predicted molar refractivity (Wildman–Crippen MR) is 95.6 cm³/mol. The standard InChI is InChI=1S/C16H15ClN4O2S/c1-8-11-5-9(17)3-4-12(11)21(2)14(8)15(23)20-16-19-10(7-24-16)6-13(18)22/h3-5,7H,6H2,1-2H3,(H2,18,22)(H,19,20,23). The summed E-state index contributed by atoms with van der Waals surface area (Å²) in [6, 6.07) is 5.52. The van der Waals surface area contributed by atoms with E-state index in [0.29, 0.717) is 21.5 Å². The number of nitrogens with one attached hydrogen (secondary N) is 1. The van der Waals surface area contributed by atoms with Crippen LogP contribution < -0.4 is 11.1 Å². The number of hydrogen-bond acceptors (Lipinski definition) is 4. The first kappa shape index (κ1) is 16.5. The van der Waals surface area contributed by atoms with Crippen molar-refractivity contribution in [2.75, 3.05) is 5.32 Å². The lowest BCUT2D eigenvalue weighted by Gasteiger charge is -2.05. The van der Waals surface area contributed by atoms with Crippen LogP contribution in [-0.2, 0) is 18.3 Å². The maximum absolute atomic E-state index is 12.7. The van der Waals surface area contributed by atoms with Crippen LogP contribution >= 0.6 is 22.9 Å². The molecule has 1 aromatic carbocycles. The number of thiazole rings is 1. The zero-order valence-electron chi connectivity index (χ0n) is 13.1. The molecular weight excluding hydrogens is 348 g/mol. The highest BCUT2D eigenvalue weighted by Gasteiger charge is 2.19. The zero-order valence-corrected chi connectivity index (χ0v) is 14.7. The molecule has 0 radical (unpaired) electrons. The van der Waals surface area contributed by atoms with Gasteiger partial charge in [0.25, 0.3) is 5.91 Å². The summed E-state index contributed by atoms with van der Waals surface area (Å²) in [5.41, 5.74) is 8.01. The van der Waals surface area contributed by atoms with Crippen LogP contribution in [0.2, 0.25) is 5.02 Å². The monoisotopic (exact) mass is 362 g/mol. The first-order valence-corrected chi connectivity index (χ1v) is 8.41. The number of aromatic nitrogens is 2. The van der Waals surface area contributed by atoms with Gasteiger partial charge >= 0.3 is 0 Å². The third kappa shape index (κ3) is 3.00. The van der Waals surface area contributed by atoms with Crippen molar-refractivity contribution in [1.29, 1.82) is 0 Å². The van der Waals surface area contributed by atoms with Gasteiger partial charge in [-0.25, -0.2) is 4.98 Å². The highest BCUT2D eigenvalue weighted by atomic mass is 35.5. The molecule has 8 heteroatoms.